The van der Waals surface area contributed by atoms with Gasteiger partial charge in [0.05, 0.1) is 18.8 Å². The summed E-state index contributed by atoms with van der Waals surface area (Å²) in [5.41, 5.74) is 0. The van der Waals surface area contributed by atoms with E-state index in [-0.39, 0.29) is 56.1 Å². The lowest BCUT2D eigenvalue weighted by molar-refractivity contribution is -0.332. The summed E-state index contributed by atoms with van der Waals surface area (Å²) in [6.45, 7) is 14.4. The molecule has 0 aromatic heterocycles. The Morgan fingerprint density at radius 3 is 1.89 bits per heavy atom. The maximum Gasteiger partial charge on any atom is 0.315 e. The fourth-order valence-corrected chi connectivity index (χ4v) is 4.39. The minimum Gasteiger partial charge on any atom is -0.426 e. The lowest BCUT2D eigenvalue weighted by Gasteiger charge is -2.49. The molecule has 2 heterocycles. The smallest absolute Gasteiger partial charge is 0.315 e. The zero-order valence-electron chi connectivity index (χ0n) is 18.3. The summed E-state index contributed by atoms with van der Waals surface area (Å²) >= 11 is 0. The van der Waals surface area contributed by atoms with Gasteiger partial charge in [-0.05, 0) is 12.8 Å². The van der Waals surface area contributed by atoms with Crippen LogP contribution in [0.4, 0.5) is 0 Å². The fourth-order valence-electron chi connectivity index (χ4n) is 4.05. The number of aliphatic hydroxyl groups excluding tert-OH is 1. The monoisotopic (exact) mass is 434 g/mol. The van der Waals surface area contributed by atoms with Crippen LogP contribution in [0, 0.1) is 23.7 Å². The molecule has 12 atom stereocenters. The number of ether oxygens (including phenoxy) is 3. The van der Waals surface area contributed by atoms with Crippen LogP contribution >= 0.6 is 18.2 Å². The maximum atomic E-state index is 9.94. The van der Waals surface area contributed by atoms with Crippen molar-refractivity contribution in [1.82, 2.24) is 0 Å². The van der Waals surface area contributed by atoms with E-state index in [0.717, 1.165) is 0 Å². The highest BCUT2D eigenvalue weighted by molar-refractivity contribution is 7.60. The van der Waals surface area contributed by atoms with Crippen LogP contribution in [0.3, 0.4) is 0 Å². The fraction of sp³-hybridized carbons (Fsp3) is 1.00. The Hall–Kier alpha value is 0.750. The van der Waals surface area contributed by atoms with Crippen LogP contribution in [0.25, 0.3) is 0 Å². The first kappa shape index (κ1) is 25.0. The Bertz CT molecular complexity index is 489. The molecule has 1 N–H and O–H groups in total. The molecule has 0 spiro atoms. The van der Waals surface area contributed by atoms with Crippen molar-refractivity contribution >= 4 is 31.5 Å². The van der Waals surface area contributed by atoms with E-state index >= 15 is 0 Å². The van der Waals surface area contributed by atoms with Gasteiger partial charge in [-0.1, -0.05) is 41.3 Å². The first-order valence-electron chi connectivity index (χ1n) is 10.5. The Kier molecular flexibility index (Phi) is 9.71. The third kappa shape index (κ3) is 5.92. The Morgan fingerprint density at radius 2 is 1.36 bits per heavy atom. The molecule has 12 unspecified atom stereocenters. The highest BCUT2D eigenvalue weighted by Crippen LogP contribution is 2.39. The van der Waals surface area contributed by atoms with Crippen LogP contribution in [-0.4, -0.2) is 62.0 Å². The van der Waals surface area contributed by atoms with Gasteiger partial charge in [-0.25, -0.2) is 0 Å². The summed E-state index contributed by atoms with van der Waals surface area (Å²) in [4.78, 5) is 0. The minimum atomic E-state index is -0.453. The summed E-state index contributed by atoms with van der Waals surface area (Å²) < 4.78 is 30.9. The Morgan fingerprint density at radius 1 is 0.786 bits per heavy atom. The van der Waals surface area contributed by atoms with Crippen LogP contribution in [0.1, 0.15) is 34.6 Å². The van der Waals surface area contributed by atoms with Gasteiger partial charge in [0.1, 0.15) is 18.5 Å². The van der Waals surface area contributed by atoms with Crippen molar-refractivity contribution in [2.24, 2.45) is 23.7 Å². The predicted molar refractivity (Wildman–Crippen MR) is 120 cm³/mol. The van der Waals surface area contributed by atoms with E-state index in [2.05, 4.69) is 45.9 Å². The molecule has 2 rings (SSSR count). The maximum absolute atomic E-state index is 9.94. The van der Waals surface area contributed by atoms with Crippen LogP contribution in [0.15, 0.2) is 0 Å². The first-order valence-corrected chi connectivity index (χ1v) is 11.8. The number of rotatable bonds is 7. The standard InChI is InChI=1S/C18H38B2O6P2/c1-9-10(2)17(24-18(11(9)3)26-20(7)28)23-16-14(8-21)22-13(5)12(4)15(16)25-19(6)27/h9-18,21H,8,27-28H2,1-7H3. The highest BCUT2D eigenvalue weighted by Gasteiger charge is 2.48. The van der Waals surface area contributed by atoms with Crippen molar-refractivity contribution in [3.8, 4) is 0 Å². The van der Waals surface area contributed by atoms with Crippen LogP contribution in [-0.2, 0) is 23.5 Å². The second-order valence-electron chi connectivity index (χ2n) is 8.62. The van der Waals surface area contributed by atoms with E-state index in [1.165, 1.54) is 0 Å². The van der Waals surface area contributed by atoms with E-state index in [4.69, 9.17) is 23.5 Å². The third-order valence-corrected chi connectivity index (χ3v) is 6.63. The molecule has 0 amide bonds. The van der Waals surface area contributed by atoms with Crippen molar-refractivity contribution in [2.45, 2.75) is 85.3 Å². The molecular weight excluding hydrogens is 396 g/mol. The van der Waals surface area contributed by atoms with Gasteiger partial charge in [0, 0.05) is 17.8 Å². The summed E-state index contributed by atoms with van der Waals surface area (Å²) in [7, 11) is 5.32. The summed E-state index contributed by atoms with van der Waals surface area (Å²) in [5, 5.41) is 9.94. The third-order valence-electron chi connectivity index (χ3n) is 6.32. The van der Waals surface area contributed by atoms with Crippen molar-refractivity contribution in [3.05, 3.63) is 0 Å². The molecule has 10 heteroatoms. The van der Waals surface area contributed by atoms with Crippen LogP contribution < -0.4 is 0 Å². The summed E-state index contributed by atoms with van der Waals surface area (Å²) in [5.74, 6) is 0.927. The first-order chi connectivity index (χ1) is 13.1. The molecule has 0 aromatic rings. The van der Waals surface area contributed by atoms with Crippen molar-refractivity contribution in [1.29, 1.82) is 0 Å². The summed E-state index contributed by atoms with van der Waals surface area (Å²) in [6.07, 6.45) is -1.87. The molecule has 2 aliphatic rings. The molecular formula is C18H38B2O6P2. The number of aliphatic hydroxyl groups is 1. The Labute approximate surface area is 176 Å². The van der Waals surface area contributed by atoms with Crippen LogP contribution in [0.2, 0.25) is 13.6 Å². The van der Waals surface area contributed by atoms with Gasteiger partial charge in [-0.2, -0.15) is 0 Å². The molecule has 2 saturated heterocycles. The zero-order valence-corrected chi connectivity index (χ0v) is 20.6. The van der Waals surface area contributed by atoms with E-state index in [9.17, 15) is 5.11 Å². The lowest BCUT2D eigenvalue weighted by atomic mass is 9.81. The second-order valence-corrected chi connectivity index (χ2v) is 10.5. The average molecular weight is 434 g/mol. The second kappa shape index (κ2) is 10.9. The molecule has 0 aliphatic carbocycles. The quantitative estimate of drug-likeness (QED) is 0.492. The molecule has 0 aromatic carbocycles. The molecule has 0 saturated carbocycles. The minimum absolute atomic E-state index is 0.00757. The van der Waals surface area contributed by atoms with E-state index in [1.54, 1.807) is 0 Å². The molecule has 6 nitrogen and oxygen atoms in total. The molecule has 162 valence electrons. The topological polar surface area (TPSA) is 66.4 Å². The molecule has 0 radical (unpaired) electrons. The number of hydrogen-bond donors (Lipinski definition) is 1. The van der Waals surface area contributed by atoms with E-state index < -0.39 is 18.5 Å². The summed E-state index contributed by atoms with van der Waals surface area (Å²) in [6, 6.07) is 0. The predicted octanol–water partition coefficient (Wildman–Crippen LogP) is 2.77. The van der Waals surface area contributed by atoms with Crippen molar-refractivity contribution in [2.75, 3.05) is 6.61 Å². The van der Waals surface area contributed by atoms with Crippen molar-refractivity contribution < 1.29 is 28.6 Å². The van der Waals surface area contributed by atoms with Gasteiger partial charge in [-0.3, -0.25) is 0 Å². The van der Waals surface area contributed by atoms with E-state index in [1.807, 2.05) is 20.6 Å². The molecule has 0 bridgehead atoms. The Balaban J connectivity index is 2.21. The van der Waals surface area contributed by atoms with Gasteiger partial charge in [0.2, 0.25) is 0 Å². The zero-order chi connectivity index (χ0) is 21.2. The van der Waals surface area contributed by atoms with Crippen molar-refractivity contribution in [3.63, 3.8) is 0 Å². The average Bonchev–Trinajstić information content (AvgIpc) is 2.62. The molecule has 28 heavy (non-hydrogen) atoms. The van der Waals surface area contributed by atoms with Crippen LogP contribution in [0.5, 0.6) is 0 Å². The SMILES string of the molecule is CB(P)OC1OC(OC2C(CO)OC(C)C(C)C2OB(C)P)C(C)C(C)C1C. The highest BCUT2D eigenvalue weighted by atomic mass is 31.0. The van der Waals surface area contributed by atoms with E-state index in [0.29, 0.717) is 5.92 Å². The van der Waals surface area contributed by atoms with Gasteiger partial charge in [0.15, 0.2) is 6.29 Å². The van der Waals surface area contributed by atoms with Gasteiger partial charge >= 0.3 is 13.3 Å². The lowest BCUT2D eigenvalue weighted by Crippen LogP contribution is -2.59. The molecule has 2 fully saturated rings. The van der Waals surface area contributed by atoms with Gasteiger partial charge in [0.25, 0.3) is 0 Å². The van der Waals surface area contributed by atoms with Gasteiger partial charge < -0.3 is 28.6 Å². The largest absolute Gasteiger partial charge is 0.426 e. The number of hydrogen-bond acceptors (Lipinski definition) is 6. The van der Waals surface area contributed by atoms with Gasteiger partial charge in [-0.15, -0.1) is 18.2 Å². The molecule has 2 aliphatic heterocycles. The normalized spacial score (nSPS) is 44.4.